The second-order valence-electron chi connectivity index (χ2n) is 7.83. The van der Waals surface area contributed by atoms with Crippen molar-refractivity contribution in [3.63, 3.8) is 0 Å². The van der Waals surface area contributed by atoms with Gasteiger partial charge in [0.05, 0.1) is 0 Å². The molecule has 0 saturated carbocycles. The summed E-state index contributed by atoms with van der Waals surface area (Å²) in [6.07, 6.45) is 0.0640. The van der Waals surface area contributed by atoms with Crippen LogP contribution in [-0.4, -0.2) is 70.8 Å². The normalized spacial score (nSPS) is 21.0. The highest BCUT2D eigenvalue weighted by Gasteiger charge is 2.48. The van der Waals surface area contributed by atoms with E-state index in [1.165, 1.54) is 4.90 Å². The first-order valence-corrected chi connectivity index (χ1v) is 8.28. The Bertz CT molecular complexity index is 512. The molecule has 8 nitrogen and oxygen atoms in total. The Labute approximate surface area is 142 Å². The number of likely N-dealkylation sites (tertiary alicyclic amines) is 2. The smallest absolute Gasteiger partial charge is 0.408 e. The summed E-state index contributed by atoms with van der Waals surface area (Å²) in [6.45, 7) is 9.22. The second-order valence-corrected chi connectivity index (χ2v) is 7.83. The molecule has 2 rings (SSSR count). The van der Waals surface area contributed by atoms with Gasteiger partial charge < -0.3 is 25.0 Å². The number of carbonyl (C=O) groups excluding carboxylic acids is 2. The first kappa shape index (κ1) is 18.4. The van der Waals surface area contributed by atoms with Crippen molar-refractivity contribution in [1.82, 2.24) is 15.1 Å². The quantitative estimate of drug-likeness (QED) is 0.793. The number of carboxylic acid groups (broad SMARTS) is 1. The van der Waals surface area contributed by atoms with E-state index in [0.717, 1.165) is 12.8 Å². The van der Waals surface area contributed by atoms with Gasteiger partial charge in [0.15, 0.2) is 0 Å². The van der Waals surface area contributed by atoms with Gasteiger partial charge in [-0.3, -0.25) is 4.79 Å². The van der Waals surface area contributed by atoms with Gasteiger partial charge in [-0.1, -0.05) is 0 Å². The molecule has 136 valence electrons. The highest BCUT2D eigenvalue weighted by Crippen LogP contribution is 2.40. The maximum absolute atomic E-state index is 12.4. The minimum Gasteiger partial charge on any atom is -0.465 e. The number of nitrogens with one attached hydrogen (secondary N) is 1. The fraction of sp³-hybridized carbons (Fsp3) is 0.812. The van der Waals surface area contributed by atoms with Crippen LogP contribution in [0.2, 0.25) is 0 Å². The zero-order valence-electron chi connectivity index (χ0n) is 14.8. The molecule has 2 heterocycles. The average molecular weight is 341 g/mol. The monoisotopic (exact) mass is 341 g/mol. The number of alkyl carbamates (subject to hydrolysis) is 1. The van der Waals surface area contributed by atoms with E-state index in [1.54, 1.807) is 32.6 Å². The number of hydrogen-bond donors (Lipinski definition) is 2. The molecule has 1 unspecified atom stereocenters. The van der Waals surface area contributed by atoms with Crippen LogP contribution in [-0.2, 0) is 9.53 Å². The van der Waals surface area contributed by atoms with Crippen LogP contribution in [0.1, 0.15) is 40.5 Å². The van der Waals surface area contributed by atoms with Gasteiger partial charge in [0.1, 0.15) is 11.6 Å². The summed E-state index contributed by atoms with van der Waals surface area (Å²) in [6, 6.07) is -0.642. The topological polar surface area (TPSA) is 99.2 Å². The summed E-state index contributed by atoms with van der Waals surface area (Å²) in [5.41, 5.74) is -0.570. The van der Waals surface area contributed by atoms with Crippen LogP contribution < -0.4 is 5.32 Å². The third-order valence-electron chi connectivity index (χ3n) is 4.56. The summed E-state index contributed by atoms with van der Waals surface area (Å²) >= 11 is 0. The molecular formula is C16H27N3O5. The Kier molecular flexibility index (Phi) is 4.96. The minimum atomic E-state index is -0.882. The van der Waals surface area contributed by atoms with Gasteiger partial charge in [-0.05, 0) is 40.5 Å². The standard InChI is InChI=1S/C16H27N3O5/c1-11(17-13(21)24-15(2,3)4)12(20)19-9-16(10-19)5-7-18(8-6-16)14(22)23/h11H,5-10H2,1-4H3,(H,17,21)(H,22,23). The number of rotatable bonds is 2. The lowest BCUT2D eigenvalue weighted by molar-refractivity contribution is -0.148. The molecule has 2 fully saturated rings. The lowest BCUT2D eigenvalue weighted by Crippen LogP contribution is -2.64. The molecule has 24 heavy (non-hydrogen) atoms. The van der Waals surface area contributed by atoms with Gasteiger partial charge in [0.25, 0.3) is 0 Å². The number of nitrogens with zero attached hydrogens (tertiary/aromatic N) is 2. The summed E-state index contributed by atoms with van der Waals surface area (Å²) in [5.74, 6) is -0.132. The van der Waals surface area contributed by atoms with Crippen molar-refractivity contribution in [2.24, 2.45) is 5.41 Å². The predicted octanol–water partition coefficient (Wildman–Crippen LogP) is 1.50. The van der Waals surface area contributed by atoms with E-state index >= 15 is 0 Å². The fourth-order valence-corrected chi connectivity index (χ4v) is 3.23. The van der Waals surface area contributed by atoms with Gasteiger partial charge in [-0.15, -0.1) is 0 Å². The lowest BCUT2D eigenvalue weighted by Gasteiger charge is -2.54. The first-order chi connectivity index (χ1) is 11.0. The van der Waals surface area contributed by atoms with Crippen molar-refractivity contribution < 1.29 is 24.2 Å². The molecule has 0 radical (unpaired) electrons. The van der Waals surface area contributed by atoms with Gasteiger partial charge >= 0.3 is 12.2 Å². The van der Waals surface area contributed by atoms with Crippen LogP contribution in [0.4, 0.5) is 9.59 Å². The Hall–Kier alpha value is -1.99. The zero-order valence-corrected chi connectivity index (χ0v) is 14.8. The van der Waals surface area contributed by atoms with Crippen LogP contribution in [0.5, 0.6) is 0 Å². The van der Waals surface area contributed by atoms with Crippen molar-refractivity contribution >= 4 is 18.1 Å². The lowest BCUT2D eigenvalue weighted by atomic mass is 9.72. The number of ether oxygens (including phenoxy) is 1. The van der Waals surface area contributed by atoms with Crippen LogP contribution in [0.25, 0.3) is 0 Å². The summed E-state index contributed by atoms with van der Waals surface area (Å²) in [5, 5.41) is 11.5. The Morgan fingerprint density at radius 2 is 1.67 bits per heavy atom. The molecule has 2 saturated heterocycles. The van der Waals surface area contributed by atoms with E-state index in [-0.39, 0.29) is 11.3 Å². The van der Waals surface area contributed by atoms with E-state index in [1.807, 2.05) is 0 Å². The van der Waals surface area contributed by atoms with Crippen LogP contribution in [0.15, 0.2) is 0 Å². The molecule has 0 aromatic heterocycles. The molecule has 0 aromatic carbocycles. The van der Waals surface area contributed by atoms with Crippen LogP contribution in [0, 0.1) is 5.41 Å². The molecule has 1 spiro atoms. The number of carbonyl (C=O) groups is 3. The SMILES string of the molecule is CC(NC(=O)OC(C)(C)C)C(=O)N1CC2(CCN(C(=O)O)CC2)C1. The molecule has 8 heteroatoms. The number of piperidine rings is 1. The third kappa shape index (κ3) is 4.30. The summed E-state index contributed by atoms with van der Waals surface area (Å²) in [4.78, 5) is 38.2. The summed E-state index contributed by atoms with van der Waals surface area (Å²) in [7, 11) is 0. The van der Waals surface area contributed by atoms with Gasteiger partial charge in [0, 0.05) is 31.6 Å². The Balaban J connectivity index is 1.78. The van der Waals surface area contributed by atoms with E-state index in [2.05, 4.69) is 5.32 Å². The molecule has 3 amide bonds. The van der Waals surface area contributed by atoms with Crippen LogP contribution >= 0.6 is 0 Å². The number of hydrogen-bond acceptors (Lipinski definition) is 4. The molecule has 0 bridgehead atoms. The molecule has 1 atom stereocenters. The van der Waals surface area contributed by atoms with Crippen LogP contribution in [0.3, 0.4) is 0 Å². The minimum absolute atomic E-state index is 0.0350. The highest BCUT2D eigenvalue weighted by atomic mass is 16.6. The maximum atomic E-state index is 12.4. The van der Waals surface area contributed by atoms with Gasteiger partial charge in [0.2, 0.25) is 5.91 Å². The van der Waals surface area contributed by atoms with Crippen molar-refractivity contribution in [3.05, 3.63) is 0 Å². The van der Waals surface area contributed by atoms with Crippen molar-refractivity contribution in [1.29, 1.82) is 0 Å². The highest BCUT2D eigenvalue weighted by molar-refractivity contribution is 5.86. The predicted molar refractivity (Wildman–Crippen MR) is 86.7 cm³/mol. The molecule has 0 aromatic rings. The van der Waals surface area contributed by atoms with Crippen molar-refractivity contribution in [3.8, 4) is 0 Å². The fourth-order valence-electron chi connectivity index (χ4n) is 3.23. The largest absolute Gasteiger partial charge is 0.465 e. The van der Waals surface area contributed by atoms with E-state index in [4.69, 9.17) is 9.84 Å². The molecule has 2 N–H and O–H groups in total. The van der Waals surface area contributed by atoms with E-state index in [0.29, 0.717) is 26.2 Å². The van der Waals surface area contributed by atoms with Gasteiger partial charge in [-0.2, -0.15) is 0 Å². The zero-order chi connectivity index (χ0) is 18.1. The first-order valence-electron chi connectivity index (χ1n) is 8.28. The summed E-state index contributed by atoms with van der Waals surface area (Å²) < 4.78 is 5.15. The Morgan fingerprint density at radius 1 is 1.12 bits per heavy atom. The van der Waals surface area contributed by atoms with Gasteiger partial charge in [-0.25, -0.2) is 9.59 Å². The maximum Gasteiger partial charge on any atom is 0.408 e. The average Bonchev–Trinajstić information content (AvgIpc) is 2.41. The molecule has 2 aliphatic heterocycles. The van der Waals surface area contributed by atoms with E-state index in [9.17, 15) is 14.4 Å². The third-order valence-corrected chi connectivity index (χ3v) is 4.56. The Morgan fingerprint density at radius 3 is 2.12 bits per heavy atom. The molecular weight excluding hydrogens is 314 g/mol. The molecule has 0 aliphatic carbocycles. The molecule has 2 aliphatic rings. The van der Waals surface area contributed by atoms with Crippen molar-refractivity contribution in [2.45, 2.75) is 52.2 Å². The second kappa shape index (κ2) is 6.49. The van der Waals surface area contributed by atoms with Crippen molar-refractivity contribution in [2.75, 3.05) is 26.2 Å². The number of amides is 3. The van der Waals surface area contributed by atoms with E-state index < -0.39 is 23.8 Å².